The zero-order valence-electron chi connectivity index (χ0n) is 10.9. The number of carbonyl (C=O) groups excluding carboxylic acids is 2. The Balaban J connectivity index is 2.36. The second kappa shape index (κ2) is 5.41. The van der Waals surface area contributed by atoms with Crippen molar-refractivity contribution in [3.8, 4) is 0 Å². The van der Waals surface area contributed by atoms with Crippen LogP contribution in [0.4, 0.5) is 11.4 Å². The molecule has 1 heterocycles. The summed E-state index contributed by atoms with van der Waals surface area (Å²) in [6.45, 7) is 0. The van der Waals surface area contributed by atoms with Crippen molar-refractivity contribution in [3.05, 3.63) is 51.8 Å². The van der Waals surface area contributed by atoms with E-state index in [1.54, 1.807) is 0 Å². The van der Waals surface area contributed by atoms with E-state index in [1.165, 1.54) is 42.2 Å². The van der Waals surface area contributed by atoms with Gasteiger partial charge in [-0.05, 0) is 6.07 Å². The summed E-state index contributed by atoms with van der Waals surface area (Å²) in [6.07, 6.45) is 1.24. The van der Waals surface area contributed by atoms with Crippen molar-refractivity contribution < 1.29 is 14.5 Å². The average Bonchev–Trinajstić information content (AvgIpc) is 2.79. The summed E-state index contributed by atoms with van der Waals surface area (Å²) in [5.74, 6) is -1.49. The van der Waals surface area contributed by atoms with Gasteiger partial charge in [-0.2, -0.15) is 5.10 Å². The molecule has 9 heteroatoms. The van der Waals surface area contributed by atoms with Crippen LogP contribution in [0.25, 0.3) is 0 Å². The van der Waals surface area contributed by atoms with E-state index in [0.29, 0.717) is 0 Å². The molecule has 2 aromatic rings. The van der Waals surface area contributed by atoms with Gasteiger partial charge in [-0.25, -0.2) is 0 Å². The number of nitro groups is 1. The molecule has 0 bridgehead atoms. The van der Waals surface area contributed by atoms with Gasteiger partial charge in [0.1, 0.15) is 11.3 Å². The molecule has 0 radical (unpaired) electrons. The number of nitrogens with two attached hydrogens (primary N) is 1. The number of para-hydroxylation sites is 1. The standard InChI is InChI=1S/C12H11N5O4/c1-16-10(11(13)18)8(6-14-16)15-12(19)7-4-2-3-5-9(7)17(20)21/h2-6H,1H3,(H2,13,18)(H,15,19). The molecule has 0 unspecified atom stereocenters. The molecule has 3 N–H and O–H groups in total. The third kappa shape index (κ3) is 2.71. The van der Waals surface area contributed by atoms with Crippen LogP contribution in [0, 0.1) is 10.1 Å². The molecule has 2 rings (SSSR count). The Morgan fingerprint density at radius 3 is 2.67 bits per heavy atom. The SMILES string of the molecule is Cn1ncc(NC(=O)c2ccccc2[N+](=O)[O-])c1C(N)=O. The van der Waals surface area contributed by atoms with Gasteiger partial charge < -0.3 is 11.1 Å². The van der Waals surface area contributed by atoms with Crippen molar-refractivity contribution in [2.24, 2.45) is 12.8 Å². The molecule has 0 aliphatic heterocycles. The fourth-order valence-electron chi connectivity index (χ4n) is 1.84. The second-order valence-corrected chi connectivity index (χ2v) is 4.12. The molecule has 1 aromatic heterocycles. The van der Waals surface area contributed by atoms with Gasteiger partial charge in [0.05, 0.1) is 16.8 Å². The quantitative estimate of drug-likeness (QED) is 0.630. The minimum atomic E-state index is -0.770. The van der Waals surface area contributed by atoms with Crippen LogP contribution >= 0.6 is 0 Å². The van der Waals surface area contributed by atoms with Crippen LogP contribution in [0.3, 0.4) is 0 Å². The largest absolute Gasteiger partial charge is 0.364 e. The number of aromatic nitrogens is 2. The number of hydrogen-bond acceptors (Lipinski definition) is 5. The Morgan fingerprint density at radius 2 is 2.05 bits per heavy atom. The summed E-state index contributed by atoms with van der Waals surface area (Å²) in [5.41, 5.74) is 4.83. The zero-order chi connectivity index (χ0) is 15.6. The molecule has 0 aliphatic rings. The van der Waals surface area contributed by atoms with Crippen molar-refractivity contribution in [2.45, 2.75) is 0 Å². The van der Waals surface area contributed by atoms with E-state index in [4.69, 9.17) is 5.73 Å². The van der Waals surface area contributed by atoms with Gasteiger partial charge in [-0.15, -0.1) is 0 Å². The number of amides is 2. The predicted molar refractivity (Wildman–Crippen MR) is 72.8 cm³/mol. The van der Waals surface area contributed by atoms with Gasteiger partial charge in [-0.3, -0.25) is 24.4 Å². The third-order valence-corrected chi connectivity index (χ3v) is 2.77. The molecule has 9 nitrogen and oxygen atoms in total. The number of rotatable bonds is 4. The molecule has 1 aromatic carbocycles. The normalized spacial score (nSPS) is 10.1. The Kier molecular flexibility index (Phi) is 3.65. The number of primary amides is 1. The zero-order valence-corrected chi connectivity index (χ0v) is 10.9. The van der Waals surface area contributed by atoms with Crippen molar-refractivity contribution >= 4 is 23.2 Å². The van der Waals surface area contributed by atoms with Gasteiger partial charge in [0.15, 0.2) is 0 Å². The number of aryl methyl sites for hydroxylation is 1. The maximum atomic E-state index is 12.1. The second-order valence-electron chi connectivity index (χ2n) is 4.12. The molecule has 0 spiro atoms. The first-order valence-electron chi connectivity index (χ1n) is 5.78. The summed E-state index contributed by atoms with van der Waals surface area (Å²) < 4.78 is 1.21. The van der Waals surface area contributed by atoms with E-state index in [-0.39, 0.29) is 22.6 Å². The summed E-state index contributed by atoms with van der Waals surface area (Å²) in [7, 11) is 1.49. The minimum absolute atomic E-state index is 0.00179. The number of nitrogens with zero attached hydrogens (tertiary/aromatic N) is 3. The topological polar surface area (TPSA) is 133 Å². The summed E-state index contributed by atoms with van der Waals surface area (Å²) in [6, 6.07) is 5.48. The van der Waals surface area contributed by atoms with E-state index in [1.807, 2.05) is 0 Å². The van der Waals surface area contributed by atoms with E-state index in [0.717, 1.165) is 0 Å². The minimum Gasteiger partial charge on any atom is -0.364 e. The Morgan fingerprint density at radius 1 is 1.38 bits per heavy atom. The smallest absolute Gasteiger partial charge is 0.282 e. The van der Waals surface area contributed by atoms with Crippen molar-refractivity contribution in [3.63, 3.8) is 0 Å². The highest BCUT2D eigenvalue weighted by atomic mass is 16.6. The summed E-state index contributed by atoms with van der Waals surface area (Å²) in [4.78, 5) is 33.7. The first-order valence-corrected chi connectivity index (χ1v) is 5.78. The maximum absolute atomic E-state index is 12.1. The van der Waals surface area contributed by atoms with E-state index >= 15 is 0 Å². The van der Waals surface area contributed by atoms with Gasteiger partial charge in [0, 0.05) is 13.1 Å². The lowest BCUT2D eigenvalue weighted by Crippen LogP contribution is -2.20. The fraction of sp³-hybridized carbons (Fsp3) is 0.0833. The highest BCUT2D eigenvalue weighted by molar-refractivity contribution is 6.09. The lowest BCUT2D eigenvalue weighted by molar-refractivity contribution is -0.385. The molecule has 108 valence electrons. The molecule has 0 saturated carbocycles. The Labute approximate surface area is 118 Å². The van der Waals surface area contributed by atoms with Crippen LogP contribution in [-0.2, 0) is 7.05 Å². The molecule has 0 aliphatic carbocycles. The maximum Gasteiger partial charge on any atom is 0.282 e. The molecular formula is C12H11N5O4. The average molecular weight is 289 g/mol. The first-order chi connectivity index (χ1) is 9.91. The number of nitro benzene ring substituents is 1. The lowest BCUT2D eigenvalue weighted by Gasteiger charge is -2.05. The van der Waals surface area contributed by atoms with Gasteiger partial charge in [0.2, 0.25) is 0 Å². The number of carbonyl (C=O) groups is 2. The summed E-state index contributed by atoms with van der Waals surface area (Å²) in [5, 5.41) is 17.1. The van der Waals surface area contributed by atoms with Crippen LogP contribution in [0.2, 0.25) is 0 Å². The van der Waals surface area contributed by atoms with Crippen LogP contribution in [0.5, 0.6) is 0 Å². The van der Waals surface area contributed by atoms with E-state index in [2.05, 4.69) is 10.4 Å². The van der Waals surface area contributed by atoms with Crippen molar-refractivity contribution in [1.29, 1.82) is 0 Å². The molecule has 2 amide bonds. The van der Waals surface area contributed by atoms with Gasteiger partial charge in [0.25, 0.3) is 17.5 Å². The highest BCUT2D eigenvalue weighted by Crippen LogP contribution is 2.20. The van der Waals surface area contributed by atoms with Gasteiger partial charge in [-0.1, -0.05) is 12.1 Å². The van der Waals surface area contributed by atoms with Crippen LogP contribution < -0.4 is 11.1 Å². The summed E-state index contributed by atoms with van der Waals surface area (Å²) >= 11 is 0. The number of benzene rings is 1. The molecular weight excluding hydrogens is 278 g/mol. The van der Waals surface area contributed by atoms with Crippen LogP contribution in [-0.4, -0.2) is 26.5 Å². The van der Waals surface area contributed by atoms with E-state index in [9.17, 15) is 19.7 Å². The molecule has 0 saturated heterocycles. The Bertz CT molecular complexity index is 737. The fourth-order valence-corrected chi connectivity index (χ4v) is 1.84. The van der Waals surface area contributed by atoms with Crippen LogP contribution in [0.1, 0.15) is 20.8 Å². The molecule has 0 atom stereocenters. The Hall–Kier alpha value is -3.23. The lowest BCUT2D eigenvalue weighted by atomic mass is 10.1. The van der Waals surface area contributed by atoms with Crippen LogP contribution in [0.15, 0.2) is 30.5 Å². The third-order valence-electron chi connectivity index (χ3n) is 2.77. The number of nitrogens with one attached hydrogen (secondary N) is 1. The van der Waals surface area contributed by atoms with Gasteiger partial charge >= 0.3 is 0 Å². The molecule has 21 heavy (non-hydrogen) atoms. The monoisotopic (exact) mass is 289 g/mol. The molecule has 0 fully saturated rings. The number of anilines is 1. The highest BCUT2D eigenvalue weighted by Gasteiger charge is 2.22. The van der Waals surface area contributed by atoms with E-state index < -0.39 is 16.7 Å². The van der Waals surface area contributed by atoms with Crippen molar-refractivity contribution in [2.75, 3.05) is 5.32 Å². The first kappa shape index (κ1) is 14.2. The number of hydrogen-bond donors (Lipinski definition) is 2. The van der Waals surface area contributed by atoms with Crippen molar-refractivity contribution in [1.82, 2.24) is 9.78 Å². The predicted octanol–water partition coefficient (Wildman–Crippen LogP) is 0.679.